The van der Waals surface area contributed by atoms with Crippen LogP contribution in [0.15, 0.2) is 36.5 Å². The number of imidazole rings is 1. The van der Waals surface area contributed by atoms with Crippen LogP contribution in [0.1, 0.15) is 55.5 Å². The van der Waals surface area contributed by atoms with Crippen LogP contribution in [0, 0.1) is 5.82 Å². The molecule has 36 heavy (non-hydrogen) atoms. The number of hydrogen-bond acceptors (Lipinski definition) is 6. The molecule has 3 heterocycles. The van der Waals surface area contributed by atoms with Gasteiger partial charge in [-0.2, -0.15) is 0 Å². The Labute approximate surface area is 212 Å². The monoisotopic (exact) mass is 509 g/mol. The van der Waals surface area contributed by atoms with E-state index in [1.54, 1.807) is 35.4 Å². The first-order chi connectivity index (χ1) is 17.2. The quantitative estimate of drug-likeness (QED) is 0.302. The van der Waals surface area contributed by atoms with Gasteiger partial charge < -0.3 is 14.4 Å². The normalized spacial score (nSPS) is 16.5. The van der Waals surface area contributed by atoms with E-state index in [1.165, 1.54) is 18.4 Å². The molecule has 1 aliphatic rings. The highest BCUT2D eigenvalue weighted by Gasteiger charge is 2.29. The molecule has 2 aromatic carbocycles. The Bertz CT molecular complexity index is 1470. The van der Waals surface area contributed by atoms with Crippen LogP contribution in [-0.4, -0.2) is 52.5 Å². The number of benzene rings is 2. The van der Waals surface area contributed by atoms with Crippen molar-refractivity contribution in [2.45, 2.75) is 45.1 Å². The second kappa shape index (κ2) is 9.20. The summed E-state index contributed by atoms with van der Waals surface area (Å²) in [6.07, 6.45) is 3.97. The number of aldehydes is 1. The molecule has 0 saturated carbocycles. The molecule has 0 N–H and O–H groups in total. The standard InChI is InChI=1S/C27H28FN3O4S/c1-27(2,3)35-26(33)30-9-5-6-17(13-30)16-7-8-19(20(28)10-16)21-14-31-22-12-23(34-4)18(15-32)11-24(22)36-25(31)29-21/h7-8,10-12,14-15,17H,5-6,9,13H2,1-4H3. The van der Waals surface area contributed by atoms with Gasteiger partial charge in [-0.05, 0) is 57.4 Å². The molecule has 2 aromatic heterocycles. The summed E-state index contributed by atoms with van der Waals surface area (Å²) in [6.45, 7) is 6.70. The Kier molecular flexibility index (Phi) is 6.20. The third-order valence-corrected chi connectivity index (χ3v) is 7.40. The van der Waals surface area contributed by atoms with Crippen LogP contribution < -0.4 is 4.74 Å². The maximum absolute atomic E-state index is 15.3. The fourth-order valence-corrected chi connectivity index (χ4v) is 5.71. The van der Waals surface area contributed by atoms with Gasteiger partial charge in [0.05, 0.1) is 28.6 Å². The molecule has 9 heteroatoms. The lowest BCUT2D eigenvalue weighted by molar-refractivity contribution is 0.0198. The third-order valence-electron chi connectivity index (χ3n) is 6.39. The average molecular weight is 510 g/mol. The van der Waals surface area contributed by atoms with Crippen molar-refractivity contribution < 1.29 is 23.5 Å². The number of methoxy groups -OCH3 is 1. The van der Waals surface area contributed by atoms with Gasteiger partial charge in [0.25, 0.3) is 0 Å². The van der Waals surface area contributed by atoms with Crippen molar-refractivity contribution in [2.75, 3.05) is 20.2 Å². The van der Waals surface area contributed by atoms with Crippen LogP contribution in [0.3, 0.4) is 0 Å². The smallest absolute Gasteiger partial charge is 0.410 e. The largest absolute Gasteiger partial charge is 0.496 e. The summed E-state index contributed by atoms with van der Waals surface area (Å²) >= 11 is 1.43. The topological polar surface area (TPSA) is 73.1 Å². The van der Waals surface area contributed by atoms with Gasteiger partial charge >= 0.3 is 6.09 Å². The highest BCUT2D eigenvalue weighted by atomic mass is 32.1. The van der Waals surface area contributed by atoms with E-state index >= 15 is 4.39 Å². The molecule has 1 aliphatic heterocycles. The van der Waals surface area contributed by atoms with Gasteiger partial charge in [0.15, 0.2) is 11.2 Å². The Balaban J connectivity index is 1.41. The Hall–Kier alpha value is -3.46. The average Bonchev–Trinajstić information content (AvgIpc) is 3.39. The Morgan fingerprint density at radius 3 is 2.75 bits per heavy atom. The van der Waals surface area contributed by atoms with Crippen molar-refractivity contribution in [2.24, 2.45) is 0 Å². The molecule has 188 valence electrons. The van der Waals surface area contributed by atoms with Crippen molar-refractivity contribution in [3.8, 4) is 17.0 Å². The number of ether oxygens (including phenoxy) is 2. The lowest BCUT2D eigenvalue weighted by atomic mass is 9.90. The highest BCUT2D eigenvalue weighted by molar-refractivity contribution is 7.23. The van der Waals surface area contributed by atoms with Gasteiger partial charge in [-0.15, -0.1) is 0 Å². The van der Waals surface area contributed by atoms with Crippen LogP contribution in [-0.2, 0) is 4.74 Å². The first kappa shape index (κ1) is 24.2. The van der Waals surface area contributed by atoms with Gasteiger partial charge in [-0.3, -0.25) is 9.20 Å². The number of aromatic nitrogens is 2. The van der Waals surface area contributed by atoms with E-state index in [2.05, 4.69) is 4.98 Å². The van der Waals surface area contributed by atoms with Crippen molar-refractivity contribution in [3.05, 3.63) is 53.5 Å². The van der Waals surface area contributed by atoms with Gasteiger partial charge in [0.2, 0.25) is 0 Å². The fourth-order valence-electron chi connectivity index (χ4n) is 4.67. The second-order valence-corrected chi connectivity index (χ2v) is 11.1. The maximum Gasteiger partial charge on any atom is 0.410 e. The number of halogens is 1. The minimum absolute atomic E-state index is 0.0451. The summed E-state index contributed by atoms with van der Waals surface area (Å²) in [5.41, 5.74) is 2.58. The first-order valence-electron chi connectivity index (χ1n) is 11.9. The van der Waals surface area contributed by atoms with Crippen molar-refractivity contribution in [1.82, 2.24) is 14.3 Å². The molecule has 1 fully saturated rings. The maximum atomic E-state index is 15.3. The Morgan fingerprint density at radius 2 is 2.06 bits per heavy atom. The van der Waals surface area contributed by atoms with Gasteiger partial charge in [-0.1, -0.05) is 17.4 Å². The molecule has 1 amide bonds. The van der Waals surface area contributed by atoms with Crippen molar-refractivity contribution >= 4 is 38.9 Å². The number of rotatable bonds is 4. The van der Waals surface area contributed by atoms with Crippen LogP contribution in [0.2, 0.25) is 0 Å². The molecule has 5 rings (SSSR count). The SMILES string of the molecule is COc1cc2c(cc1C=O)sc1nc(-c3ccc(C4CCCN(C(=O)OC(C)(C)C)C4)cc3F)cn12. The van der Waals surface area contributed by atoms with Crippen molar-refractivity contribution in [3.63, 3.8) is 0 Å². The molecule has 1 atom stereocenters. The fraction of sp³-hybridized carbons (Fsp3) is 0.370. The molecule has 0 radical (unpaired) electrons. The summed E-state index contributed by atoms with van der Waals surface area (Å²) in [6, 6.07) is 8.82. The van der Waals surface area contributed by atoms with E-state index in [-0.39, 0.29) is 17.8 Å². The van der Waals surface area contributed by atoms with E-state index in [0.717, 1.165) is 34.9 Å². The summed E-state index contributed by atoms with van der Waals surface area (Å²) in [4.78, 5) is 30.9. The van der Waals surface area contributed by atoms with Crippen LogP contribution in [0.25, 0.3) is 26.4 Å². The predicted molar refractivity (Wildman–Crippen MR) is 138 cm³/mol. The number of nitrogens with zero attached hydrogens (tertiary/aromatic N) is 3. The Morgan fingerprint density at radius 1 is 1.25 bits per heavy atom. The highest BCUT2D eigenvalue weighted by Crippen LogP contribution is 2.35. The zero-order valence-electron chi connectivity index (χ0n) is 20.7. The lowest BCUT2D eigenvalue weighted by Crippen LogP contribution is -2.42. The molecule has 0 bridgehead atoms. The predicted octanol–water partition coefficient (Wildman–Crippen LogP) is 6.29. The molecule has 1 saturated heterocycles. The van der Waals surface area contributed by atoms with Gasteiger partial charge in [0, 0.05) is 36.8 Å². The van der Waals surface area contributed by atoms with E-state index in [0.29, 0.717) is 40.6 Å². The van der Waals surface area contributed by atoms with E-state index in [4.69, 9.17) is 9.47 Å². The molecule has 7 nitrogen and oxygen atoms in total. The van der Waals surface area contributed by atoms with Crippen LogP contribution in [0.5, 0.6) is 5.75 Å². The molecule has 1 unspecified atom stereocenters. The minimum Gasteiger partial charge on any atom is -0.496 e. The molecular weight excluding hydrogens is 481 g/mol. The number of hydrogen-bond donors (Lipinski definition) is 0. The number of fused-ring (bicyclic) bond motifs is 3. The van der Waals surface area contributed by atoms with E-state index < -0.39 is 5.60 Å². The number of likely N-dealkylation sites (tertiary alicyclic amines) is 1. The summed E-state index contributed by atoms with van der Waals surface area (Å²) in [7, 11) is 1.52. The second-order valence-electron chi connectivity index (χ2n) is 10.1. The number of carbonyl (C=O) groups excluding carboxylic acids is 2. The molecular formula is C27H28FN3O4S. The lowest BCUT2D eigenvalue weighted by Gasteiger charge is -2.34. The van der Waals surface area contributed by atoms with Crippen LogP contribution in [0.4, 0.5) is 9.18 Å². The summed E-state index contributed by atoms with van der Waals surface area (Å²) in [5.74, 6) is 0.178. The number of piperidine rings is 1. The van der Waals surface area contributed by atoms with Crippen molar-refractivity contribution in [1.29, 1.82) is 0 Å². The van der Waals surface area contributed by atoms with Crippen LogP contribution >= 0.6 is 11.3 Å². The first-order valence-corrected chi connectivity index (χ1v) is 12.7. The summed E-state index contributed by atoms with van der Waals surface area (Å²) < 4.78 is 29.0. The van der Waals surface area contributed by atoms with Gasteiger partial charge in [-0.25, -0.2) is 14.2 Å². The number of carbonyl (C=O) groups is 2. The van der Waals surface area contributed by atoms with E-state index in [1.807, 2.05) is 31.2 Å². The molecule has 4 aromatic rings. The molecule has 0 aliphatic carbocycles. The zero-order valence-corrected chi connectivity index (χ0v) is 21.5. The molecule has 0 spiro atoms. The third kappa shape index (κ3) is 4.55. The number of amides is 1. The zero-order chi connectivity index (χ0) is 25.6. The summed E-state index contributed by atoms with van der Waals surface area (Å²) in [5, 5.41) is 0. The minimum atomic E-state index is -0.552. The number of thiazole rings is 1. The van der Waals surface area contributed by atoms with Gasteiger partial charge in [0.1, 0.15) is 17.2 Å². The van der Waals surface area contributed by atoms with E-state index in [9.17, 15) is 9.59 Å².